The molecule has 0 aliphatic carbocycles. The van der Waals surface area contributed by atoms with Crippen molar-refractivity contribution >= 4 is 0 Å². The molecule has 5 heteroatoms. The first-order valence-electron chi connectivity index (χ1n) is 3.89. The maximum Gasteiger partial charge on any atom is 0.197 e. The van der Waals surface area contributed by atoms with Gasteiger partial charge < -0.3 is 0 Å². The Morgan fingerprint density at radius 2 is 1.50 bits per heavy atom. The number of rotatable bonds is 1. The lowest BCUT2D eigenvalue weighted by molar-refractivity contribution is 1.07. The van der Waals surface area contributed by atoms with Crippen molar-refractivity contribution in [2.24, 2.45) is 0 Å². The van der Waals surface area contributed by atoms with Gasteiger partial charge in [-0.15, -0.1) is 0 Å². The largest absolute Gasteiger partial charge is 0.234 e. The van der Waals surface area contributed by atoms with Crippen molar-refractivity contribution in [1.29, 1.82) is 5.26 Å². The van der Waals surface area contributed by atoms with E-state index in [0.717, 1.165) is 0 Å². The van der Waals surface area contributed by atoms with Gasteiger partial charge in [-0.25, -0.2) is 19.9 Å². The summed E-state index contributed by atoms with van der Waals surface area (Å²) in [5, 5.41) is 8.54. The van der Waals surface area contributed by atoms with Gasteiger partial charge in [0.1, 0.15) is 6.07 Å². The molecule has 0 aromatic carbocycles. The first-order valence-corrected chi connectivity index (χ1v) is 3.89. The van der Waals surface area contributed by atoms with Crippen LogP contribution in [0.2, 0.25) is 0 Å². The Kier molecular flexibility index (Phi) is 2.11. The Hall–Kier alpha value is -2.35. The van der Waals surface area contributed by atoms with Crippen molar-refractivity contribution in [2.75, 3.05) is 0 Å². The minimum Gasteiger partial charge on any atom is -0.234 e. The highest BCUT2D eigenvalue weighted by Gasteiger charge is 2.02. The van der Waals surface area contributed by atoms with Crippen molar-refractivity contribution in [1.82, 2.24) is 19.9 Å². The summed E-state index contributed by atoms with van der Waals surface area (Å²) in [6.45, 7) is 0. The van der Waals surface area contributed by atoms with E-state index in [2.05, 4.69) is 19.9 Å². The van der Waals surface area contributed by atoms with Crippen LogP contribution < -0.4 is 0 Å². The van der Waals surface area contributed by atoms with Crippen LogP contribution in [0.15, 0.2) is 30.9 Å². The fourth-order valence-electron chi connectivity index (χ4n) is 0.916. The standard InChI is InChI=1S/C9H5N5/c10-4-7-5-13-9(14-6-7)8-11-2-1-3-12-8/h1-3,5-6H. The van der Waals surface area contributed by atoms with Crippen LogP contribution in [0.3, 0.4) is 0 Å². The third-order valence-corrected chi connectivity index (χ3v) is 1.55. The van der Waals surface area contributed by atoms with E-state index in [-0.39, 0.29) is 0 Å². The fraction of sp³-hybridized carbons (Fsp3) is 0. The Morgan fingerprint density at radius 1 is 0.929 bits per heavy atom. The summed E-state index contributed by atoms with van der Waals surface area (Å²) in [5.41, 5.74) is 0.421. The Balaban J connectivity index is 2.40. The molecule has 2 rings (SSSR count). The first kappa shape index (κ1) is 8.26. The molecular formula is C9H5N5. The number of hydrogen-bond donors (Lipinski definition) is 0. The summed E-state index contributed by atoms with van der Waals surface area (Å²) in [6.07, 6.45) is 6.12. The molecule has 2 heterocycles. The summed E-state index contributed by atoms with van der Waals surface area (Å²) < 4.78 is 0. The van der Waals surface area contributed by atoms with E-state index >= 15 is 0 Å². The van der Waals surface area contributed by atoms with Crippen molar-refractivity contribution in [2.45, 2.75) is 0 Å². The molecule has 0 amide bonds. The Labute approximate surface area is 80.1 Å². The van der Waals surface area contributed by atoms with Gasteiger partial charge in [0, 0.05) is 24.8 Å². The SMILES string of the molecule is N#Cc1cnc(-c2ncccn2)nc1. The Bertz CT molecular complexity index is 457. The van der Waals surface area contributed by atoms with Crippen molar-refractivity contribution < 1.29 is 0 Å². The molecular weight excluding hydrogens is 178 g/mol. The highest BCUT2D eigenvalue weighted by Crippen LogP contribution is 2.05. The maximum absolute atomic E-state index is 8.54. The third-order valence-electron chi connectivity index (χ3n) is 1.55. The average molecular weight is 183 g/mol. The molecule has 0 spiro atoms. The van der Waals surface area contributed by atoms with E-state index in [4.69, 9.17) is 5.26 Å². The van der Waals surface area contributed by atoms with Crippen LogP contribution in [0.25, 0.3) is 11.6 Å². The van der Waals surface area contributed by atoms with Crippen LogP contribution in [0.5, 0.6) is 0 Å². The van der Waals surface area contributed by atoms with E-state index in [1.165, 1.54) is 12.4 Å². The second kappa shape index (κ2) is 3.58. The van der Waals surface area contributed by atoms with E-state index in [0.29, 0.717) is 17.2 Å². The molecule has 5 nitrogen and oxygen atoms in total. The molecule has 66 valence electrons. The number of nitriles is 1. The predicted octanol–water partition coefficient (Wildman–Crippen LogP) is 0.805. The minimum absolute atomic E-state index is 0.421. The van der Waals surface area contributed by atoms with Crippen LogP contribution >= 0.6 is 0 Å². The maximum atomic E-state index is 8.54. The molecule has 0 atom stereocenters. The zero-order valence-corrected chi connectivity index (χ0v) is 7.12. The van der Waals surface area contributed by atoms with Gasteiger partial charge in [-0.1, -0.05) is 0 Å². The normalized spacial score (nSPS) is 9.36. The predicted molar refractivity (Wildman–Crippen MR) is 47.8 cm³/mol. The molecule has 2 aromatic rings. The van der Waals surface area contributed by atoms with Gasteiger partial charge in [-0.2, -0.15) is 5.26 Å². The quantitative estimate of drug-likeness (QED) is 0.653. The lowest BCUT2D eigenvalue weighted by Gasteiger charge is -1.95. The summed E-state index contributed by atoms with van der Waals surface area (Å²) in [5.74, 6) is 0.876. The summed E-state index contributed by atoms with van der Waals surface area (Å²) >= 11 is 0. The minimum atomic E-state index is 0.421. The van der Waals surface area contributed by atoms with Crippen LogP contribution in [0.1, 0.15) is 5.56 Å². The van der Waals surface area contributed by atoms with Crippen molar-refractivity contribution in [3.8, 4) is 17.7 Å². The molecule has 14 heavy (non-hydrogen) atoms. The zero-order chi connectivity index (χ0) is 9.80. The van der Waals surface area contributed by atoms with Crippen LogP contribution in [0.4, 0.5) is 0 Å². The van der Waals surface area contributed by atoms with Crippen LogP contribution in [0, 0.1) is 11.3 Å². The molecule has 0 unspecified atom stereocenters. The zero-order valence-electron chi connectivity index (χ0n) is 7.12. The Morgan fingerprint density at radius 3 is 2.07 bits per heavy atom. The molecule has 0 saturated heterocycles. The molecule has 0 fully saturated rings. The van der Waals surface area contributed by atoms with Crippen molar-refractivity contribution in [3.05, 3.63) is 36.4 Å². The lowest BCUT2D eigenvalue weighted by atomic mass is 10.4. The van der Waals surface area contributed by atoms with Crippen LogP contribution in [-0.2, 0) is 0 Å². The molecule has 0 radical (unpaired) electrons. The van der Waals surface area contributed by atoms with Gasteiger partial charge in [0.05, 0.1) is 5.56 Å². The molecule has 0 N–H and O–H groups in total. The molecule has 0 aliphatic heterocycles. The smallest absolute Gasteiger partial charge is 0.197 e. The average Bonchev–Trinajstić information content (AvgIpc) is 2.30. The number of hydrogen-bond acceptors (Lipinski definition) is 5. The van der Waals surface area contributed by atoms with E-state index in [9.17, 15) is 0 Å². The van der Waals surface area contributed by atoms with Gasteiger partial charge in [0.15, 0.2) is 11.6 Å². The van der Waals surface area contributed by atoms with Gasteiger partial charge in [0.2, 0.25) is 0 Å². The molecule has 0 bridgehead atoms. The van der Waals surface area contributed by atoms with Gasteiger partial charge in [0.25, 0.3) is 0 Å². The van der Waals surface area contributed by atoms with E-state index in [1.807, 2.05) is 6.07 Å². The summed E-state index contributed by atoms with van der Waals surface area (Å²) in [6, 6.07) is 3.66. The molecule has 0 aliphatic rings. The topological polar surface area (TPSA) is 75.3 Å². The number of nitrogens with zero attached hydrogens (tertiary/aromatic N) is 5. The summed E-state index contributed by atoms with van der Waals surface area (Å²) in [4.78, 5) is 15.9. The van der Waals surface area contributed by atoms with Gasteiger partial charge in [-0.3, -0.25) is 0 Å². The van der Waals surface area contributed by atoms with Crippen molar-refractivity contribution in [3.63, 3.8) is 0 Å². The highest BCUT2D eigenvalue weighted by molar-refractivity contribution is 5.42. The van der Waals surface area contributed by atoms with E-state index in [1.54, 1.807) is 18.5 Å². The third kappa shape index (κ3) is 1.54. The second-order valence-corrected chi connectivity index (χ2v) is 2.48. The second-order valence-electron chi connectivity index (χ2n) is 2.48. The van der Waals surface area contributed by atoms with Gasteiger partial charge >= 0.3 is 0 Å². The van der Waals surface area contributed by atoms with Gasteiger partial charge in [-0.05, 0) is 6.07 Å². The fourth-order valence-corrected chi connectivity index (χ4v) is 0.916. The van der Waals surface area contributed by atoms with Crippen LogP contribution in [-0.4, -0.2) is 19.9 Å². The number of aromatic nitrogens is 4. The first-order chi connectivity index (χ1) is 6.90. The molecule has 2 aromatic heterocycles. The summed E-state index contributed by atoms with van der Waals surface area (Å²) in [7, 11) is 0. The van der Waals surface area contributed by atoms with E-state index < -0.39 is 0 Å². The lowest BCUT2D eigenvalue weighted by Crippen LogP contribution is -1.93. The monoisotopic (exact) mass is 183 g/mol. The highest BCUT2D eigenvalue weighted by atomic mass is 15.0. The molecule has 0 saturated carbocycles.